The predicted molar refractivity (Wildman–Crippen MR) is 132 cm³/mol. The Kier molecular flexibility index (Phi) is 5.13. The van der Waals surface area contributed by atoms with Gasteiger partial charge >= 0.3 is 5.97 Å². The van der Waals surface area contributed by atoms with Gasteiger partial charge in [0, 0.05) is 35.1 Å². The summed E-state index contributed by atoms with van der Waals surface area (Å²) in [6.45, 7) is 0. The smallest absolute Gasteiger partial charge is 0.325 e. The number of amides is 2. The van der Waals surface area contributed by atoms with Crippen LogP contribution in [-0.2, 0) is 20.8 Å². The van der Waals surface area contributed by atoms with E-state index in [1.165, 1.54) is 24.3 Å². The third-order valence-corrected chi connectivity index (χ3v) is 7.52. The molecule has 4 unspecified atom stereocenters. The number of halogens is 1. The second-order valence-electron chi connectivity index (χ2n) is 9.49. The molecule has 2 fully saturated rings. The second-order valence-corrected chi connectivity index (χ2v) is 9.49. The van der Waals surface area contributed by atoms with Gasteiger partial charge in [-0.05, 0) is 35.9 Å². The minimum Gasteiger partial charge on any atom is -0.508 e. The number of phenolic OH excluding ortho intramolecular Hbond substituents is 1. The summed E-state index contributed by atoms with van der Waals surface area (Å²) >= 11 is 0. The number of nitrogens with zero attached hydrogens (tertiary/aromatic N) is 1. The lowest BCUT2D eigenvalue weighted by Crippen LogP contribution is -2.57. The van der Waals surface area contributed by atoms with Crippen molar-refractivity contribution in [2.45, 2.75) is 18.0 Å². The van der Waals surface area contributed by atoms with Crippen LogP contribution in [0.5, 0.6) is 5.75 Å². The Labute approximate surface area is 210 Å². The van der Waals surface area contributed by atoms with Gasteiger partial charge in [0.25, 0.3) is 0 Å². The van der Waals surface area contributed by atoms with Gasteiger partial charge in [0.2, 0.25) is 11.8 Å². The largest absolute Gasteiger partial charge is 0.508 e. The molecule has 0 bridgehead atoms. The maximum Gasteiger partial charge on any atom is 0.325 e. The summed E-state index contributed by atoms with van der Waals surface area (Å²) in [7, 11) is 0. The highest BCUT2D eigenvalue weighted by Gasteiger charge is 2.69. The van der Waals surface area contributed by atoms with E-state index >= 15 is 0 Å². The lowest BCUT2D eigenvalue weighted by molar-refractivity contribution is -0.148. The number of fused-ring (bicyclic) bond motifs is 2. The van der Waals surface area contributed by atoms with Crippen molar-refractivity contribution >= 4 is 34.4 Å². The van der Waals surface area contributed by atoms with Crippen molar-refractivity contribution in [1.82, 2.24) is 10.3 Å². The molecule has 2 saturated heterocycles. The number of nitrogens with one attached hydrogen (secondary N) is 2. The molecule has 9 heteroatoms. The predicted octanol–water partition coefficient (Wildman–Crippen LogP) is 3.53. The van der Waals surface area contributed by atoms with Crippen molar-refractivity contribution < 1.29 is 29.0 Å². The van der Waals surface area contributed by atoms with E-state index in [0.717, 1.165) is 21.9 Å². The number of phenols is 1. The topological polar surface area (TPSA) is 123 Å². The maximum absolute atomic E-state index is 14.0. The number of aliphatic carboxylic acids is 1. The lowest BCUT2D eigenvalue weighted by atomic mass is 9.76. The summed E-state index contributed by atoms with van der Waals surface area (Å²) in [5, 5.41) is 25.2. The SMILES string of the molecule is O=C1C2C(c3ccccc3O)NC(Cc3c[nH]c4ccccc34)(C(=O)O)C2C(=O)N1c1cccc(F)c1. The standard InChI is InChI=1S/C28H22FN3O5/c29-16-6-5-7-17(12-16)32-25(34)22-23(26(32)35)28(27(36)37,31-24(22)19-9-2-4-11-21(19)33)13-15-14-30-20-10-3-1-8-18(15)20/h1-12,14,22-24,30-31,33H,13H2,(H,36,37). The molecular formula is C28H22FN3O5. The summed E-state index contributed by atoms with van der Waals surface area (Å²) in [6, 6.07) is 17.8. The van der Waals surface area contributed by atoms with Gasteiger partial charge in [-0.1, -0.05) is 42.5 Å². The molecule has 2 amide bonds. The number of benzene rings is 3. The average Bonchev–Trinajstić information content (AvgIpc) is 3.52. The fraction of sp³-hybridized carbons (Fsp3) is 0.179. The number of anilines is 1. The average molecular weight is 499 g/mol. The molecule has 186 valence electrons. The molecule has 0 radical (unpaired) electrons. The highest BCUT2D eigenvalue weighted by molar-refractivity contribution is 6.24. The van der Waals surface area contributed by atoms with Crippen LogP contribution in [0.1, 0.15) is 17.2 Å². The quantitative estimate of drug-likeness (QED) is 0.312. The van der Waals surface area contributed by atoms with E-state index in [9.17, 15) is 29.0 Å². The number of H-pyrrole nitrogens is 1. The molecule has 4 N–H and O–H groups in total. The normalized spacial score (nSPS) is 25.1. The van der Waals surface area contributed by atoms with Crippen molar-refractivity contribution in [2.75, 3.05) is 4.90 Å². The Hall–Kier alpha value is -4.50. The molecule has 3 heterocycles. The molecule has 3 aromatic carbocycles. The van der Waals surface area contributed by atoms with Gasteiger partial charge in [-0.2, -0.15) is 0 Å². The summed E-state index contributed by atoms with van der Waals surface area (Å²) in [6.07, 6.45) is 1.60. The van der Waals surface area contributed by atoms with E-state index in [-0.39, 0.29) is 17.9 Å². The minimum absolute atomic E-state index is 0.0341. The first-order valence-electron chi connectivity index (χ1n) is 11.8. The number of carboxylic acids is 1. The minimum atomic E-state index is -1.88. The van der Waals surface area contributed by atoms with Gasteiger partial charge in [0.1, 0.15) is 17.1 Å². The summed E-state index contributed by atoms with van der Waals surface area (Å²) in [5.74, 6) is -5.88. The Morgan fingerprint density at radius 1 is 1.00 bits per heavy atom. The van der Waals surface area contributed by atoms with Crippen LogP contribution in [-0.4, -0.2) is 38.5 Å². The summed E-state index contributed by atoms with van der Waals surface area (Å²) < 4.78 is 14.0. The third kappa shape index (κ3) is 3.35. The van der Waals surface area contributed by atoms with Gasteiger partial charge in [-0.25, -0.2) is 9.29 Å². The number of carbonyl (C=O) groups is 3. The van der Waals surface area contributed by atoms with Crippen LogP contribution < -0.4 is 10.2 Å². The molecule has 2 aliphatic heterocycles. The Bertz CT molecular complexity index is 1580. The molecule has 37 heavy (non-hydrogen) atoms. The second kappa shape index (κ2) is 8.28. The highest BCUT2D eigenvalue weighted by atomic mass is 19.1. The molecule has 0 saturated carbocycles. The van der Waals surface area contributed by atoms with Crippen LogP contribution in [0, 0.1) is 17.7 Å². The molecular weight excluding hydrogens is 477 g/mol. The van der Waals surface area contributed by atoms with E-state index in [1.54, 1.807) is 24.4 Å². The Balaban J connectivity index is 1.53. The van der Waals surface area contributed by atoms with Gasteiger partial charge in [-0.15, -0.1) is 0 Å². The maximum atomic E-state index is 14.0. The van der Waals surface area contributed by atoms with Crippen LogP contribution in [0.2, 0.25) is 0 Å². The number of hydrogen-bond acceptors (Lipinski definition) is 5. The number of aromatic hydroxyl groups is 1. The lowest BCUT2D eigenvalue weighted by Gasteiger charge is -2.31. The number of carbonyl (C=O) groups excluding carboxylic acids is 2. The number of hydrogen-bond donors (Lipinski definition) is 4. The molecule has 2 aliphatic rings. The monoisotopic (exact) mass is 499 g/mol. The van der Waals surface area contributed by atoms with E-state index in [2.05, 4.69) is 10.3 Å². The van der Waals surface area contributed by atoms with Crippen LogP contribution >= 0.6 is 0 Å². The van der Waals surface area contributed by atoms with Crippen LogP contribution in [0.4, 0.5) is 10.1 Å². The number of aromatic amines is 1. The molecule has 0 aliphatic carbocycles. The number of rotatable bonds is 5. The number of imide groups is 1. The Morgan fingerprint density at radius 2 is 1.76 bits per heavy atom. The molecule has 1 aromatic heterocycles. The van der Waals surface area contributed by atoms with Gasteiger partial charge in [0.05, 0.1) is 17.5 Å². The Morgan fingerprint density at radius 3 is 2.51 bits per heavy atom. The van der Waals surface area contributed by atoms with Gasteiger partial charge in [-0.3, -0.25) is 19.7 Å². The first kappa shape index (κ1) is 22.9. The molecule has 4 aromatic rings. The summed E-state index contributed by atoms with van der Waals surface area (Å²) in [5.41, 5.74) is -0.0717. The van der Waals surface area contributed by atoms with Crippen molar-refractivity contribution in [3.05, 3.63) is 95.9 Å². The highest BCUT2D eigenvalue weighted by Crippen LogP contribution is 2.52. The van der Waals surface area contributed by atoms with Crippen molar-refractivity contribution in [3.63, 3.8) is 0 Å². The molecule has 6 rings (SSSR count). The van der Waals surface area contributed by atoms with Crippen LogP contribution in [0.25, 0.3) is 10.9 Å². The van der Waals surface area contributed by atoms with Gasteiger partial charge < -0.3 is 15.2 Å². The zero-order chi connectivity index (χ0) is 25.9. The number of para-hydroxylation sites is 2. The summed E-state index contributed by atoms with van der Waals surface area (Å²) in [4.78, 5) is 44.7. The fourth-order valence-corrected chi connectivity index (χ4v) is 5.90. The van der Waals surface area contributed by atoms with Crippen LogP contribution in [0.3, 0.4) is 0 Å². The third-order valence-electron chi connectivity index (χ3n) is 7.52. The number of aromatic nitrogens is 1. The first-order valence-corrected chi connectivity index (χ1v) is 11.8. The van der Waals surface area contributed by atoms with Crippen molar-refractivity contribution in [1.29, 1.82) is 0 Å². The fourth-order valence-electron chi connectivity index (χ4n) is 5.90. The van der Waals surface area contributed by atoms with E-state index in [4.69, 9.17) is 0 Å². The van der Waals surface area contributed by atoms with E-state index < -0.39 is 47.0 Å². The molecule has 4 atom stereocenters. The zero-order valence-electron chi connectivity index (χ0n) is 19.4. The van der Waals surface area contributed by atoms with Gasteiger partial charge in [0.15, 0.2) is 0 Å². The first-order chi connectivity index (χ1) is 17.8. The van der Waals surface area contributed by atoms with Crippen molar-refractivity contribution in [3.8, 4) is 5.75 Å². The molecule has 0 spiro atoms. The number of carboxylic acid groups (broad SMARTS) is 1. The van der Waals surface area contributed by atoms with Crippen LogP contribution in [0.15, 0.2) is 79.0 Å². The zero-order valence-corrected chi connectivity index (χ0v) is 19.4. The molecule has 8 nitrogen and oxygen atoms in total. The van der Waals surface area contributed by atoms with E-state index in [0.29, 0.717) is 11.1 Å². The van der Waals surface area contributed by atoms with E-state index in [1.807, 2.05) is 24.3 Å². The van der Waals surface area contributed by atoms with Crippen molar-refractivity contribution in [2.24, 2.45) is 11.8 Å².